The van der Waals surface area contributed by atoms with Crippen LogP contribution >= 0.6 is 11.8 Å². The number of furan rings is 1. The number of carbonyl (C=O) groups excluding carboxylic acids is 1. The maximum absolute atomic E-state index is 13.5. The fourth-order valence-electron chi connectivity index (χ4n) is 4.05. The lowest BCUT2D eigenvalue weighted by Crippen LogP contribution is -2.31. The SMILES string of the molecule is Cc1occc1-c1nnc(S[C@@H](C(=O)N2CCCC2)c2ccccc2)n1-c1ccccc1. The molecule has 1 fully saturated rings. The molecule has 3 heterocycles. The monoisotopic (exact) mass is 444 g/mol. The van der Waals surface area contributed by atoms with Gasteiger partial charge in [0.1, 0.15) is 11.0 Å². The number of aromatic nitrogens is 3. The molecule has 5 rings (SSSR count). The molecule has 1 aliphatic heterocycles. The highest BCUT2D eigenvalue weighted by Gasteiger charge is 2.31. The Morgan fingerprint density at radius 3 is 2.31 bits per heavy atom. The topological polar surface area (TPSA) is 64.2 Å². The van der Waals surface area contributed by atoms with Crippen molar-refractivity contribution in [3.8, 4) is 17.1 Å². The summed E-state index contributed by atoms with van der Waals surface area (Å²) in [6, 6.07) is 21.8. The third kappa shape index (κ3) is 3.96. The Kier molecular flexibility index (Phi) is 5.81. The fourth-order valence-corrected chi connectivity index (χ4v) is 5.18. The van der Waals surface area contributed by atoms with E-state index in [1.54, 1.807) is 6.26 Å². The van der Waals surface area contributed by atoms with Crippen LogP contribution in [0.15, 0.2) is 82.6 Å². The van der Waals surface area contributed by atoms with Crippen molar-refractivity contribution in [3.05, 3.63) is 84.3 Å². The molecule has 162 valence electrons. The lowest BCUT2D eigenvalue weighted by molar-refractivity contribution is -0.129. The first-order valence-electron chi connectivity index (χ1n) is 10.8. The average Bonchev–Trinajstić information content (AvgIpc) is 3.59. The molecular weight excluding hydrogens is 420 g/mol. The second kappa shape index (κ2) is 9.04. The number of para-hydroxylation sites is 1. The van der Waals surface area contributed by atoms with Gasteiger partial charge in [-0.1, -0.05) is 60.3 Å². The molecule has 1 atom stereocenters. The van der Waals surface area contributed by atoms with Crippen LogP contribution in [-0.2, 0) is 4.79 Å². The maximum atomic E-state index is 13.5. The highest BCUT2D eigenvalue weighted by molar-refractivity contribution is 8.00. The van der Waals surface area contributed by atoms with Gasteiger partial charge in [-0.05, 0) is 43.5 Å². The first kappa shape index (κ1) is 20.6. The van der Waals surface area contributed by atoms with E-state index in [-0.39, 0.29) is 11.2 Å². The molecule has 0 radical (unpaired) electrons. The summed E-state index contributed by atoms with van der Waals surface area (Å²) >= 11 is 1.45. The Labute approximate surface area is 191 Å². The molecule has 0 spiro atoms. The molecule has 1 aliphatic rings. The summed E-state index contributed by atoms with van der Waals surface area (Å²) in [5, 5.41) is 9.32. The van der Waals surface area contributed by atoms with Gasteiger partial charge in [-0.15, -0.1) is 10.2 Å². The van der Waals surface area contributed by atoms with Crippen molar-refractivity contribution in [1.82, 2.24) is 19.7 Å². The van der Waals surface area contributed by atoms with Gasteiger partial charge < -0.3 is 9.32 Å². The van der Waals surface area contributed by atoms with Gasteiger partial charge in [0.05, 0.1) is 11.8 Å². The first-order valence-corrected chi connectivity index (χ1v) is 11.7. The smallest absolute Gasteiger partial charge is 0.240 e. The highest BCUT2D eigenvalue weighted by Crippen LogP contribution is 2.39. The van der Waals surface area contributed by atoms with Crippen LogP contribution in [0.2, 0.25) is 0 Å². The average molecular weight is 445 g/mol. The minimum Gasteiger partial charge on any atom is -0.469 e. The van der Waals surface area contributed by atoms with E-state index in [0.717, 1.165) is 48.5 Å². The second-order valence-corrected chi connectivity index (χ2v) is 8.88. The second-order valence-electron chi connectivity index (χ2n) is 7.81. The summed E-state index contributed by atoms with van der Waals surface area (Å²) in [5.41, 5.74) is 2.80. The van der Waals surface area contributed by atoms with Gasteiger partial charge in [-0.25, -0.2) is 0 Å². The lowest BCUT2D eigenvalue weighted by Gasteiger charge is -2.23. The molecule has 2 aromatic heterocycles. The molecule has 0 aliphatic carbocycles. The van der Waals surface area contributed by atoms with Crippen LogP contribution in [0.1, 0.15) is 29.4 Å². The van der Waals surface area contributed by atoms with Crippen LogP contribution in [0.3, 0.4) is 0 Å². The van der Waals surface area contributed by atoms with Crippen molar-refractivity contribution in [1.29, 1.82) is 0 Å². The van der Waals surface area contributed by atoms with Crippen LogP contribution in [0.5, 0.6) is 0 Å². The molecule has 0 unspecified atom stereocenters. The number of hydrogen-bond acceptors (Lipinski definition) is 5. The number of nitrogens with zero attached hydrogens (tertiary/aromatic N) is 4. The summed E-state index contributed by atoms with van der Waals surface area (Å²) < 4.78 is 7.54. The molecule has 32 heavy (non-hydrogen) atoms. The normalized spacial score (nSPS) is 14.6. The first-order chi connectivity index (χ1) is 15.7. The van der Waals surface area contributed by atoms with Crippen molar-refractivity contribution in [2.75, 3.05) is 13.1 Å². The van der Waals surface area contributed by atoms with Crippen LogP contribution < -0.4 is 0 Å². The van der Waals surface area contributed by atoms with Crippen LogP contribution in [0, 0.1) is 6.92 Å². The number of benzene rings is 2. The minimum atomic E-state index is -0.390. The number of thioether (sulfide) groups is 1. The Hall–Kier alpha value is -3.32. The number of rotatable bonds is 6. The summed E-state index contributed by atoms with van der Waals surface area (Å²) in [4.78, 5) is 15.5. The van der Waals surface area contributed by atoms with E-state index in [0.29, 0.717) is 11.0 Å². The molecule has 0 saturated carbocycles. The third-order valence-electron chi connectivity index (χ3n) is 5.72. The van der Waals surface area contributed by atoms with Gasteiger partial charge in [0.15, 0.2) is 11.0 Å². The van der Waals surface area contributed by atoms with E-state index in [1.165, 1.54) is 11.8 Å². The standard InChI is InChI=1S/C25H24N4O2S/c1-18-21(14-17-31-18)23-26-27-25(29(23)20-12-6-3-7-13-20)32-22(19-10-4-2-5-11-19)24(30)28-15-8-9-16-28/h2-7,10-14,17,22H,8-9,15-16H2,1H3/t22-/m1/s1. The highest BCUT2D eigenvalue weighted by atomic mass is 32.2. The van der Waals surface area contributed by atoms with E-state index in [1.807, 2.05) is 83.1 Å². The number of aryl methyl sites for hydroxylation is 1. The van der Waals surface area contributed by atoms with E-state index in [4.69, 9.17) is 4.42 Å². The lowest BCUT2D eigenvalue weighted by atomic mass is 10.1. The van der Waals surface area contributed by atoms with Gasteiger partial charge in [-0.2, -0.15) is 0 Å². The summed E-state index contributed by atoms with van der Waals surface area (Å²) in [6.45, 7) is 3.54. The zero-order chi connectivity index (χ0) is 21.9. The molecule has 2 aromatic carbocycles. The van der Waals surface area contributed by atoms with Crippen molar-refractivity contribution < 1.29 is 9.21 Å². The van der Waals surface area contributed by atoms with Crippen LogP contribution in [0.4, 0.5) is 0 Å². The largest absolute Gasteiger partial charge is 0.469 e. The quantitative estimate of drug-likeness (QED) is 0.378. The molecule has 7 heteroatoms. The maximum Gasteiger partial charge on any atom is 0.240 e. The van der Waals surface area contributed by atoms with Gasteiger partial charge in [0.2, 0.25) is 5.91 Å². The van der Waals surface area contributed by atoms with Gasteiger partial charge in [0.25, 0.3) is 0 Å². The zero-order valence-electron chi connectivity index (χ0n) is 17.8. The van der Waals surface area contributed by atoms with E-state index < -0.39 is 0 Å². The Morgan fingerprint density at radius 1 is 0.969 bits per heavy atom. The van der Waals surface area contributed by atoms with Crippen molar-refractivity contribution >= 4 is 17.7 Å². The zero-order valence-corrected chi connectivity index (χ0v) is 18.7. The van der Waals surface area contributed by atoms with Crippen LogP contribution in [0.25, 0.3) is 17.1 Å². The summed E-state index contributed by atoms with van der Waals surface area (Å²) in [7, 11) is 0. The number of carbonyl (C=O) groups is 1. The van der Waals surface area contributed by atoms with Gasteiger partial charge >= 0.3 is 0 Å². The summed E-state index contributed by atoms with van der Waals surface area (Å²) in [5.74, 6) is 1.60. The third-order valence-corrected chi connectivity index (χ3v) is 6.90. The molecular formula is C25H24N4O2S. The van der Waals surface area contributed by atoms with E-state index in [9.17, 15) is 4.79 Å². The number of hydrogen-bond donors (Lipinski definition) is 0. The van der Waals surface area contributed by atoms with Gasteiger partial charge in [0, 0.05) is 18.8 Å². The van der Waals surface area contributed by atoms with Crippen molar-refractivity contribution in [2.45, 2.75) is 30.2 Å². The minimum absolute atomic E-state index is 0.127. The Bertz CT molecular complexity index is 1200. The van der Waals surface area contributed by atoms with Gasteiger partial charge in [-0.3, -0.25) is 9.36 Å². The van der Waals surface area contributed by atoms with E-state index >= 15 is 0 Å². The predicted octanol–water partition coefficient (Wildman–Crippen LogP) is 5.29. The van der Waals surface area contributed by atoms with Crippen LogP contribution in [-0.4, -0.2) is 38.7 Å². The molecule has 4 aromatic rings. The van der Waals surface area contributed by atoms with Crippen molar-refractivity contribution in [2.24, 2.45) is 0 Å². The number of likely N-dealkylation sites (tertiary alicyclic amines) is 1. The molecule has 0 N–H and O–H groups in total. The Balaban J connectivity index is 1.59. The fraction of sp³-hybridized carbons (Fsp3) is 0.240. The number of amides is 1. The van der Waals surface area contributed by atoms with Crippen molar-refractivity contribution in [3.63, 3.8) is 0 Å². The summed E-state index contributed by atoms with van der Waals surface area (Å²) in [6.07, 6.45) is 3.77. The molecule has 1 saturated heterocycles. The molecule has 6 nitrogen and oxygen atoms in total. The predicted molar refractivity (Wildman–Crippen MR) is 125 cm³/mol. The van der Waals surface area contributed by atoms with E-state index in [2.05, 4.69) is 10.2 Å². The molecule has 1 amide bonds. The molecule has 0 bridgehead atoms. The Morgan fingerprint density at radius 2 is 1.66 bits per heavy atom.